The fraction of sp³-hybridized carbons (Fsp3) is 0.481. The number of hydrogen-bond acceptors (Lipinski definition) is 6. The van der Waals surface area contributed by atoms with Crippen molar-refractivity contribution in [2.45, 2.75) is 46.6 Å². The summed E-state index contributed by atoms with van der Waals surface area (Å²) in [5.41, 5.74) is 6.42. The van der Waals surface area contributed by atoms with Crippen molar-refractivity contribution in [1.29, 1.82) is 0 Å². The molecule has 1 fully saturated rings. The van der Waals surface area contributed by atoms with Gasteiger partial charge in [-0.05, 0) is 43.4 Å². The highest BCUT2D eigenvalue weighted by Crippen LogP contribution is 2.40. The summed E-state index contributed by atoms with van der Waals surface area (Å²) in [5, 5.41) is 4.93. The van der Waals surface area contributed by atoms with E-state index in [2.05, 4.69) is 52.6 Å². The number of aromatic nitrogens is 5. The summed E-state index contributed by atoms with van der Waals surface area (Å²) in [6.07, 6.45) is 5.26. The van der Waals surface area contributed by atoms with Crippen molar-refractivity contribution in [3.63, 3.8) is 0 Å². The van der Waals surface area contributed by atoms with E-state index in [1.807, 2.05) is 18.0 Å². The first kappa shape index (κ1) is 25.1. The summed E-state index contributed by atoms with van der Waals surface area (Å²) in [5.74, 6) is 0.212. The average molecular weight is 507 g/mol. The molecule has 1 unspecified atom stereocenters. The molecule has 1 amide bonds. The molecule has 196 valence electrons. The Balaban J connectivity index is 1.56. The second-order valence-electron chi connectivity index (χ2n) is 10.6. The molecule has 4 aromatic heterocycles. The second-order valence-corrected chi connectivity index (χ2v) is 10.6. The van der Waals surface area contributed by atoms with Gasteiger partial charge < -0.3 is 14.8 Å². The van der Waals surface area contributed by atoms with Gasteiger partial charge >= 0.3 is 0 Å². The van der Waals surface area contributed by atoms with Gasteiger partial charge in [0.05, 0.1) is 24.0 Å². The van der Waals surface area contributed by atoms with Crippen LogP contribution in [-0.4, -0.2) is 86.6 Å². The smallest absolute Gasteiger partial charge is 0.236 e. The number of H-pyrrole nitrogens is 1. The molecule has 37 heavy (non-hydrogen) atoms. The van der Waals surface area contributed by atoms with Crippen molar-refractivity contribution in [1.82, 2.24) is 34.4 Å². The van der Waals surface area contributed by atoms with Gasteiger partial charge in [0.2, 0.25) is 5.91 Å². The average Bonchev–Trinajstić information content (AvgIpc) is 3.47. The molecule has 0 spiro atoms. The number of aryl methyl sites for hydroxylation is 1. The molecule has 9 nitrogen and oxygen atoms in total. The third-order valence-corrected chi connectivity index (χ3v) is 7.61. The Labute approximate surface area is 216 Å². The van der Waals surface area contributed by atoms with Gasteiger partial charge in [-0.25, -0.2) is 18.9 Å². The van der Waals surface area contributed by atoms with Gasteiger partial charge in [0.15, 0.2) is 17.3 Å². The van der Waals surface area contributed by atoms with Crippen LogP contribution in [0.2, 0.25) is 0 Å². The van der Waals surface area contributed by atoms with Crippen LogP contribution in [0.3, 0.4) is 0 Å². The fourth-order valence-corrected chi connectivity index (χ4v) is 5.43. The molecule has 1 atom stereocenters. The predicted octanol–water partition coefficient (Wildman–Crippen LogP) is 3.75. The van der Waals surface area contributed by atoms with Crippen LogP contribution in [-0.2, 0) is 4.79 Å². The summed E-state index contributed by atoms with van der Waals surface area (Å²) in [6, 6.07) is 0.0173. The van der Waals surface area contributed by atoms with Gasteiger partial charge in [0.1, 0.15) is 6.33 Å². The number of amides is 1. The number of aromatic amines is 1. The third-order valence-electron chi connectivity index (χ3n) is 7.61. The molecule has 0 radical (unpaired) electrons. The largest absolute Gasteiger partial charge is 0.353 e. The standard InChI is InChI=1S/C27H35FN8O/c1-15(2)22-23-20(32-25(22)19-12-36-26(30-14-31-36)18(5)17(19)4)10-29-27(24(23)28)35-9-8-34(11-16(35)3)13-21(37)33(6)7/h10,12,14-16,32H,8-9,11,13H2,1-7H3. The van der Waals surface area contributed by atoms with E-state index >= 15 is 4.39 Å². The van der Waals surface area contributed by atoms with Crippen molar-refractivity contribution in [2.24, 2.45) is 0 Å². The Hall–Kier alpha value is -3.53. The van der Waals surface area contributed by atoms with Crippen LogP contribution >= 0.6 is 0 Å². The summed E-state index contributed by atoms with van der Waals surface area (Å²) >= 11 is 0. The second kappa shape index (κ2) is 9.41. The number of anilines is 1. The van der Waals surface area contributed by atoms with Crippen molar-refractivity contribution >= 4 is 28.3 Å². The molecule has 1 aliphatic rings. The molecule has 1 saturated heterocycles. The van der Waals surface area contributed by atoms with Crippen LogP contribution in [0, 0.1) is 19.7 Å². The SMILES string of the molecule is Cc1c(-c2[nH]c3cnc(N4CCN(CC(=O)N(C)C)CC4C)c(F)c3c2C(C)C)cn2ncnc2c1C. The molecule has 5 rings (SSSR count). The minimum absolute atomic E-state index is 0.0173. The molecule has 10 heteroatoms. The summed E-state index contributed by atoms with van der Waals surface area (Å²) in [6.45, 7) is 12.7. The number of pyridine rings is 2. The Morgan fingerprint density at radius 1 is 1.22 bits per heavy atom. The summed E-state index contributed by atoms with van der Waals surface area (Å²) < 4.78 is 18.1. The van der Waals surface area contributed by atoms with Crippen LogP contribution in [0.5, 0.6) is 0 Å². The van der Waals surface area contributed by atoms with Crippen LogP contribution < -0.4 is 4.90 Å². The van der Waals surface area contributed by atoms with Gasteiger partial charge in [-0.15, -0.1) is 0 Å². The fourth-order valence-electron chi connectivity index (χ4n) is 5.43. The predicted molar refractivity (Wildman–Crippen MR) is 144 cm³/mol. The molecule has 5 heterocycles. The highest BCUT2D eigenvalue weighted by molar-refractivity contribution is 5.94. The zero-order chi connectivity index (χ0) is 26.6. The van der Waals surface area contributed by atoms with Gasteiger partial charge in [-0.3, -0.25) is 9.69 Å². The Morgan fingerprint density at radius 2 is 1.97 bits per heavy atom. The topological polar surface area (TPSA) is 85.7 Å². The van der Waals surface area contributed by atoms with E-state index in [1.54, 1.807) is 36.0 Å². The Bertz CT molecular complexity index is 1490. The maximum absolute atomic E-state index is 16.3. The van der Waals surface area contributed by atoms with Crippen LogP contribution in [0.15, 0.2) is 18.7 Å². The number of carbonyl (C=O) groups is 1. The first-order chi connectivity index (χ1) is 17.6. The Morgan fingerprint density at radius 3 is 2.65 bits per heavy atom. The summed E-state index contributed by atoms with van der Waals surface area (Å²) in [4.78, 5) is 30.4. The lowest BCUT2D eigenvalue weighted by molar-refractivity contribution is -0.130. The number of piperazine rings is 1. The van der Waals surface area contributed by atoms with E-state index in [0.717, 1.165) is 33.6 Å². The number of carbonyl (C=O) groups excluding carboxylic acids is 1. The van der Waals surface area contributed by atoms with Crippen LogP contribution in [0.1, 0.15) is 43.4 Å². The molecule has 0 bridgehead atoms. The molecule has 1 aliphatic heterocycles. The van der Waals surface area contributed by atoms with E-state index in [1.165, 1.54) is 0 Å². The minimum Gasteiger partial charge on any atom is -0.353 e. The van der Waals surface area contributed by atoms with Gasteiger partial charge in [0, 0.05) is 56.9 Å². The van der Waals surface area contributed by atoms with Gasteiger partial charge in [-0.2, -0.15) is 5.10 Å². The number of halogens is 1. The first-order valence-corrected chi connectivity index (χ1v) is 12.8. The highest BCUT2D eigenvalue weighted by Gasteiger charge is 2.30. The molecule has 0 aromatic carbocycles. The van der Waals surface area contributed by atoms with Gasteiger partial charge in [-0.1, -0.05) is 13.8 Å². The maximum atomic E-state index is 16.3. The number of nitrogens with zero attached hydrogens (tertiary/aromatic N) is 7. The quantitative estimate of drug-likeness (QED) is 0.444. The number of fused-ring (bicyclic) bond motifs is 2. The number of rotatable bonds is 5. The highest BCUT2D eigenvalue weighted by atomic mass is 19.1. The molecular weight excluding hydrogens is 471 g/mol. The molecular formula is C27H35FN8O. The maximum Gasteiger partial charge on any atom is 0.236 e. The lowest BCUT2D eigenvalue weighted by Crippen LogP contribution is -2.54. The van der Waals surface area contributed by atoms with E-state index in [4.69, 9.17) is 0 Å². The molecule has 0 aliphatic carbocycles. The zero-order valence-corrected chi connectivity index (χ0v) is 22.6. The minimum atomic E-state index is -0.301. The van der Waals surface area contributed by atoms with Crippen molar-refractivity contribution in [3.05, 3.63) is 41.2 Å². The first-order valence-electron chi connectivity index (χ1n) is 12.8. The van der Waals surface area contributed by atoms with E-state index in [9.17, 15) is 4.79 Å². The van der Waals surface area contributed by atoms with E-state index in [0.29, 0.717) is 42.9 Å². The number of hydrogen-bond donors (Lipinski definition) is 1. The lowest BCUT2D eigenvalue weighted by atomic mass is 9.94. The normalized spacial score (nSPS) is 16.9. The summed E-state index contributed by atoms with van der Waals surface area (Å²) in [7, 11) is 3.53. The van der Waals surface area contributed by atoms with Crippen molar-refractivity contribution in [3.8, 4) is 11.3 Å². The zero-order valence-electron chi connectivity index (χ0n) is 22.6. The van der Waals surface area contributed by atoms with Crippen molar-refractivity contribution < 1.29 is 9.18 Å². The van der Waals surface area contributed by atoms with Crippen LogP contribution in [0.4, 0.5) is 10.2 Å². The van der Waals surface area contributed by atoms with Crippen molar-refractivity contribution in [2.75, 3.05) is 45.2 Å². The number of nitrogens with one attached hydrogen (secondary N) is 1. The van der Waals surface area contributed by atoms with E-state index in [-0.39, 0.29) is 23.7 Å². The lowest BCUT2D eigenvalue weighted by Gasteiger charge is -2.40. The molecule has 1 N–H and O–H groups in total. The molecule has 4 aromatic rings. The monoisotopic (exact) mass is 506 g/mol. The van der Waals surface area contributed by atoms with E-state index < -0.39 is 0 Å². The van der Waals surface area contributed by atoms with Gasteiger partial charge in [0.25, 0.3) is 0 Å². The Kier molecular flexibility index (Phi) is 6.39. The van der Waals surface area contributed by atoms with Crippen LogP contribution in [0.25, 0.3) is 27.8 Å². The molecule has 0 saturated carbocycles. The number of likely N-dealkylation sites (N-methyl/N-ethyl adjacent to an activating group) is 1. The third kappa shape index (κ3) is 4.22.